The molecule has 1 rings (SSSR count). The van der Waals surface area contributed by atoms with E-state index in [1.807, 2.05) is 13.8 Å². The summed E-state index contributed by atoms with van der Waals surface area (Å²) >= 11 is 1.15. The number of rotatable bonds is 6. The second-order valence-corrected chi connectivity index (χ2v) is 5.11. The van der Waals surface area contributed by atoms with E-state index in [0.29, 0.717) is 17.3 Å². The van der Waals surface area contributed by atoms with E-state index < -0.39 is 0 Å². The number of hydrogen-bond acceptors (Lipinski definition) is 5. The molecule has 6 heteroatoms. The molecule has 1 aromatic rings. The largest absolute Gasteiger partial charge is 0.347 e. The van der Waals surface area contributed by atoms with Gasteiger partial charge in [0.15, 0.2) is 0 Å². The average molecular weight is 256 g/mol. The molecule has 1 aromatic heterocycles. The number of nitrogens with two attached hydrogens (primary N) is 1. The molecule has 0 aromatic carbocycles. The lowest BCUT2D eigenvalue weighted by atomic mass is 10.0. The Morgan fingerprint density at radius 1 is 1.53 bits per heavy atom. The first-order valence-corrected chi connectivity index (χ1v) is 6.69. The fourth-order valence-electron chi connectivity index (χ4n) is 1.51. The van der Waals surface area contributed by atoms with E-state index in [1.165, 1.54) is 0 Å². The molecule has 3 N–H and O–H groups in total. The molecular weight excluding hydrogens is 236 g/mol. The summed E-state index contributed by atoms with van der Waals surface area (Å²) in [5.74, 6) is 0.215. The van der Waals surface area contributed by atoms with E-state index in [9.17, 15) is 4.79 Å². The maximum atomic E-state index is 12.0. The summed E-state index contributed by atoms with van der Waals surface area (Å²) in [5.41, 5.74) is 6.42. The van der Waals surface area contributed by atoms with Gasteiger partial charge in [-0.1, -0.05) is 31.7 Å². The minimum atomic E-state index is -0.104. The minimum absolute atomic E-state index is 0.000855. The highest BCUT2D eigenvalue weighted by atomic mass is 32.1. The highest BCUT2D eigenvalue weighted by molar-refractivity contribution is 7.08. The van der Waals surface area contributed by atoms with Gasteiger partial charge in [-0.05, 0) is 23.9 Å². The molecule has 0 radical (unpaired) electrons. The monoisotopic (exact) mass is 256 g/mol. The van der Waals surface area contributed by atoms with Gasteiger partial charge in [-0.3, -0.25) is 4.79 Å². The first kappa shape index (κ1) is 14.1. The van der Waals surface area contributed by atoms with E-state index in [-0.39, 0.29) is 11.9 Å². The summed E-state index contributed by atoms with van der Waals surface area (Å²) in [5, 5.41) is 6.92. The van der Waals surface area contributed by atoms with Crippen molar-refractivity contribution >= 4 is 17.4 Å². The van der Waals surface area contributed by atoms with E-state index in [2.05, 4.69) is 21.8 Å². The van der Waals surface area contributed by atoms with Crippen LogP contribution >= 0.6 is 11.5 Å². The first-order chi connectivity index (χ1) is 8.10. The number of nitrogens with one attached hydrogen (secondary N) is 1. The zero-order chi connectivity index (χ0) is 12.8. The quantitative estimate of drug-likeness (QED) is 0.801. The maximum Gasteiger partial charge on any atom is 0.265 e. The van der Waals surface area contributed by atoms with Crippen molar-refractivity contribution < 1.29 is 4.79 Å². The number of carbonyl (C=O) groups is 1. The Kier molecular flexibility index (Phi) is 5.50. The van der Waals surface area contributed by atoms with Crippen molar-refractivity contribution in [3.63, 3.8) is 0 Å². The molecule has 0 aliphatic carbocycles. The second-order valence-electron chi connectivity index (χ2n) is 4.36. The lowest BCUT2D eigenvalue weighted by molar-refractivity contribution is 0.0930. The Hall–Kier alpha value is -1.01. The molecule has 1 heterocycles. The summed E-state index contributed by atoms with van der Waals surface area (Å²) in [4.78, 5) is 12.7. The van der Waals surface area contributed by atoms with Crippen LogP contribution in [0.15, 0.2) is 0 Å². The fourth-order valence-corrected chi connectivity index (χ4v) is 2.12. The highest BCUT2D eigenvalue weighted by Gasteiger charge is 2.20. The van der Waals surface area contributed by atoms with Gasteiger partial charge >= 0.3 is 0 Å². The molecule has 17 heavy (non-hydrogen) atoms. The third-order valence-corrected chi connectivity index (χ3v) is 3.39. The Morgan fingerprint density at radius 3 is 2.76 bits per heavy atom. The van der Waals surface area contributed by atoms with Crippen LogP contribution in [0.1, 0.15) is 42.6 Å². The molecule has 0 aliphatic rings. The topological polar surface area (TPSA) is 80.9 Å². The van der Waals surface area contributed by atoms with Crippen LogP contribution < -0.4 is 11.1 Å². The van der Waals surface area contributed by atoms with Crippen molar-refractivity contribution in [1.82, 2.24) is 14.9 Å². The number of aromatic nitrogens is 2. The number of nitrogens with zero attached hydrogens (tertiary/aromatic N) is 2. The Balaban J connectivity index is 2.71. The van der Waals surface area contributed by atoms with Crippen molar-refractivity contribution in [2.45, 2.75) is 39.7 Å². The van der Waals surface area contributed by atoms with Gasteiger partial charge in [-0.25, -0.2) is 0 Å². The lowest BCUT2D eigenvalue weighted by Gasteiger charge is -2.20. The maximum absolute atomic E-state index is 12.0. The Morgan fingerprint density at radius 2 is 2.24 bits per heavy atom. The molecule has 0 saturated heterocycles. The molecular formula is C11H20N4OS. The third-order valence-electron chi connectivity index (χ3n) is 2.62. The molecule has 1 amide bonds. The van der Waals surface area contributed by atoms with Crippen molar-refractivity contribution in [1.29, 1.82) is 0 Å². The minimum Gasteiger partial charge on any atom is -0.347 e. The summed E-state index contributed by atoms with van der Waals surface area (Å²) < 4.78 is 3.84. The van der Waals surface area contributed by atoms with Gasteiger partial charge < -0.3 is 11.1 Å². The van der Waals surface area contributed by atoms with Gasteiger partial charge in [0.25, 0.3) is 5.91 Å². The van der Waals surface area contributed by atoms with Crippen LogP contribution in [0.25, 0.3) is 0 Å². The molecule has 1 unspecified atom stereocenters. The number of amides is 1. The van der Waals surface area contributed by atoms with Crippen LogP contribution in [0.4, 0.5) is 0 Å². The van der Waals surface area contributed by atoms with Gasteiger partial charge in [-0.15, -0.1) is 5.10 Å². The van der Waals surface area contributed by atoms with E-state index in [1.54, 1.807) is 0 Å². The molecule has 96 valence electrons. The SMILES string of the molecule is CCCc1nnsc1C(=O)NC(CN)C(C)C. The van der Waals surface area contributed by atoms with Crippen LogP contribution in [0.2, 0.25) is 0 Å². The highest BCUT2D eigenvalue weighted by Crippen LogP contribution is 2.13. The van der Waals surface area contributed by atoms with E-state index in [4.69, 9.17) is 5.73 Å². The summed E-state index contributed by atoms with van der Waals surface area (Å²) in [6, 6.07) is -0.000855. The summed E-state index contributed by atoms with van der Waals surface area (Å²) in [7, 11) is 0. The van der Waals surface area contributed by atoms with Gasteiger partial charge in [0.1, 0.15) is 4.88 Å². The number of hydrogen-bond donors (Lipinski definition) is 2. The van der Waals surface area contributed by atoms with Crippen LogP contribution in [-0.4, -0.2) is 28.1 Å². The molecule has 0 fully saturated rings. The molecule has 0 bridgehead atoms. The van der Waals surface area contributed by atoms with Crippen LogP contribution in [0.5, 0.6) is 0 Å². The normalized spacial score (nSPS) is 12.8. The number of carbonyl (C=O) groups excluding carboxylic acids is 1. The van der Waals surface area contributed by atoms with Crippen molar-refractivity contribution in [2.24, 2.45) is 11.7 Å². The molecule has 0 aliphatic heterocycles. The zero-order valence-electron chi connectivity index (χ0n) is 10.6. The van der Waals surface area contributed by atoms with Gasteiger partial charge in [0.2, 0.25) is 0 Å². The van der Waals surface area contributed by atoms with E-state index in [0.717, 1.165) is 30.1 Å². The average Bonchev–Trinajstić information content (AvgIpc) is 2.74. The molecule has 0 spiro atoms. The smallest absolute Gasteiger partial charge is 0.265 e. The van der Waals surface area contributed by atoms with Gasteiger partial charge in [-0.2, -0.15) is 0 Å². The second kappa shape index (κ2) is 6.66. The predicted octanol–water partition coefficient (Wildman–Crippen LogP) is 1.20. The van der Waals surface area contributed by atoms with Crippen molar-refractivity contribution in [2.75, 3.05) is 6.54 Å². The predicted molar refractivity (Wildman–Crippen MR) is 69.1 cm³/mol. The molecule has 1 atom stereocenters. The third kappa shape index (κ3) is 3.74. The van der Waals surface area contributed by atoms with Crippen molar-refractivity contribution in [3.8, 4) is 0 Å². The van der Waals surface area contributed by atoms with Crippen molar-refractivity contribution in [3.05, 3.63) is 10.6 Å². The summed E-state index contributed by atoms with van der Waals surface area (Å²) in [6.07, 6.45) is 1.74. The van der Waals surface area contributed by atoms with Crippen LogP contribution in [0, 0.1) is 5.92 Å². The molecule has 0 saturated carbocycles. The molecule has 5 nitrogen and oxygen atoms in total. The Bertz CT molecular complexity index is 364. The Labute approximate surface area is 106 Å². The lowest BCUT2D eigenvalue weighted by Crippen LogP contribution is -2.43. The fraction of sp³-hybridized carbons (Fsp3) is 0.727. The standard InChI is InChI=1S/C11H20N4OS/c1-4-5-8-10(17-15-14-8)11(16)13-9(6-12)7(2)3/h7,9H,4-6,12H2,1-3H3,(H,13,16). The summed E-state index contributed by atoms with van der Waals surface area (Å²) in [6.45, 7) is 6.57. The van der Waals surface area contributed by atoms with Gasteiger partial charge in [0.05, 0.1) is 5.69 Å². The van der Waals surface area contributed by atoms with E-state index >= 15 is 0 Å². The first-order valence-electron chi connectivity index (χ1n) is 5.92. The zero-order valence-corrected chi connectivity index (χ0v) is 11.4. The van der Waals surface area contributed by atoms with Crippen LogP contribution in [-0.2, 0) is 6.42 Å². The number of aryl methyl sites for hydroxylation is 1. The van der Waals surface area contributed by atoms with Crippen LogP contribution in [0.3, 0.4) is 0 Å². The van der Waals surface area contributed by atoms with Gasteiger partial charge in [0, 0.05) is 12.6 Å².